The highest BCUT2D eigenvalue weighted by Crippen LogP contribution is 2.11. The minimum Gasteiger partial charge on any atom is -0.341 e. The topological polar surface area (TPSA) is 70.1 Å². The molecule has 0 saturated heterocycles. The molecule has 0 bridgehead atoms. The van der Waals surface area contributed by atoms with Crippen LogP contribution in [0.1, 0.15) is 25.0 Å². The molecule has 4 heteroatoms. The van der Waals surface area contributed by atoms with Crippen LogP contribution in [-0.2, 0) is 17.8 Å². The van der Waals surface area contributed by atoms with Gasteiger partial charge in [-0.15, -0.1) is 0 Å². The smallest absolute Gasteiger partial charge is 0.227 e. The molecule has 0 aliphatic carbocycles. The van der Waals surface area contributed by atoms with E-state index in [9.17, 15) is 4.79 Å². The van der Waals surface area contributed by atoms with Gasteiger partial charge in [0.15, 0.2) is 0 Å². The van der Waals surface area contributed by atoms with Crippen LogP contribution in [0.25, 0.3) is 0 Å². The van der Waals surface area contributed by atoms with E-state index in [4.69, 9.17) is 11.0 Å². The van der Waals surface area contributed by atoms with Gasteiger partial charge in [-0.25, -0.2) is 0 Å². The molecular formula is C15H21N3O. The highest BCUT2D eigenvalue weighted by Gasteiger charge is 2.16. The molecule has 1 unspecified atom stereocenters. The third-order valence-electron chi connectivity index (χ3n) is 3.13. The number of nitrogens with two attached hydrogens (primary N) is 1. The lowest BCUT2D eigenvalue weighted by molar-refractivity contribution is -0.130. The highest BCUT2D eigenvalue weighted by molar-refractivity contribution is 5.79. The highest BCUT2D eigenvalue weighted by atomic mass is 16.2. The molecule has 0 aliphatic heterocycles. The van der Waals surface area contributed by atoms with Gasteiger partial charge in [-0.1, -0.05) is 24.3 Å². The second-order valence-corrected chi connectivity index (χ2v) is 4.61. The maximum Gasteiger partial charge on any atom is 0.227 e. The minimum atomic E-state index is -0.145. The maximum absolute atomic E-state index is 12.2. The number of hydrogen-bond donors (Lipinski definition) is 1. The fourth-order valence-electron chi connectivity index (χ4n) is 1.98. The molecule has 0 aromatic heterocycles. The average Bonchev–Trinajstić information content (AvgIpc) is 2.44. The molecule has 4 nitrogen and oxygen atoms in total. The molecule has 19 heavy (non-hydrogen) atoms. The normalized spacial score (nSPS) is 11.7. The molecular weight excluding hydrogens is 238 g/mol. The van der Waals surface area contributed by atoms with Gasteiger partial charge in [0.25, 0.3) is 0 Å². The van der Waals surface area contributed by atoms with E-state index in [0.717, 1.165) is 11.1 Å². The molecule has 1 rings (SSSR count). The Balaban J connectivity index is 2.74. The molecule has 1 aromatic rings. The first-order chi connectivity index (χ1) is 9.12. The van der Waals surface area contributed by atoms with Crippen molar-refractivity contribution in [2.75, 3.05) is 13.1 Å². The summed E-state index contributed by atoms with van der Waals surface area (Å²) >= 11 is 0. The van der Waals surface area contributed by atoms with Crippen LogP contribution in [0, 0.1) is 17.2 Å². The number of carbonyl (C=O) groups excluding carboxylic acids is 1. The van der Waals surface area contributed by atoms with Crippen molar-refractivity contribution in [1.29, 1.82) is 5.26 Å². The van der Waals surface area contributed by atoms with Crippen molar-refractivity contribution in [2.45, 2.75) is 26.8 Å². The van der Waals surface area contributed by atoms with Crippen molar-refractivity contribution in [3.05, 3.63) is 35.4 Å². The van der Waals surface area contributed by atoms with Gasteiger partial charge in [-0.05, 0) is 25.0 Å². The predicted molar refractivity (Wildman–Crippen MR) is 75.1 cm³/mol. The summed E-state index contributed by atoms with van der Waals surface area (Å²) in [5.41, 5.74) is 7.64. The summed E-state index contributed by atoms with van der Waals surface area (Å²) in [7, 11) is 0. The molecule has 0 aliphatic rings. The molecule has 0 spiro atoms. The zero-order valence-corrected chi connectivity index (χ0v) is 11.6. The van der Waals surface area contributed by atoms with Gasteiger partial charge in [-0.2, -0.15) is 5.26 Å². The number of carbonyl (C=O) groups is 1. The lowest BCUT2D eigenvalue weighted by atomic mass is 10.0. The van der Waals surface area contributed by atoms with E-state index in [1.165, 1.54) is 0 Å². The van der Waals surface area contributed by atoms with Crippen LogP contribution in [0.4, 0.5) is 0 Å². The summed E-state index contributed by atoms with van der Waals surface area (Å²) in [6.45, 7) is 5.29. The van der Waals surface area contributed by atoms with Crippen molar-refractivity contribution in [2.24, 2.45) is 11.7 Å². The van der Waals surface area contributed by atoms with E-state index in [-0.39, 0.29) is 11.8 Å². The van der Waals surface area contributed by atoms with Crippen molar-refractivity contribution in [1.82, 2.24) is 4.90 Å². The van der Waals surface area contributed by atoms with E-state index in [2.05, 4.69) is 6.07 Å². The summed E-state index contributed by atoms with van der Waals surface area (Å²) in [5, 5.41) is 8.83. The van der Waals surface area contributed by atoms with Crippen LogP contribution in [0.3, 0.4) is 0 Å². The molecule has 1 amide bonds. The zero-order valence-electron chi connectivity index (χ0n) is 11.6. The van der Waals surface area contributed by atoms with E-state index in [1.54, 1.807) is 4.90 Å². The van der Waals surface area contributed by atoms with Gasteiger partial charge in [-0.3, -0.25) is 4.79 Å². The van der Waals surface area contributed by atoms with Crippen molar-refractivity contribution < 1.29 is 4.79 Å². The fourth-order valence-corrected chi connectivity index (χ4v) is 1.98. The van der Waals surface area contributed by atoms with Crippen LogP contribution in [0.15, 0.2) is 24.3 Å². The van der Waals surface area contributed by atoms with Crippen LogP contribution in [-0.4, -0.2) is 23.9 Å². The van der Waals surface area contributed by atoms with Gasteiger partial charge in [0.05, 0.1) is 18.4 Å². The van der Waals surface area contributed by atoms with Crippen LogP contribution < -0.4 is 5.73 Å². The molecule has 2 N–H and O–H groups in total. The van der Waals surface area contributed by atoms with Crippen LogP contribution >= 0.6 is 0 Å². The minimum absolute atomic E-state index is 0.0468. The SMILES string of the molecule is CCN(CC(C)C#N)C(=O)Cc1ccccc1CN. The Hall–Kier alpha value is -1.86. The number of likely N-dealkylation sites (N-methyl/N-ethyl adjacent to an activating group) is 1. The summed E-state index contributed by atoms with van der Waals surface area (Å²) < 4.78 is 0. The molecule has 0 saturated carbocycles. The first kappa shape index (κ1) is 15.2. The quantitative estimate of drug-likeness (QED) is 0.845. The van der Waals surface area contributed by atoms with Gasteiger partial charge in [0, 0.05) is 19.6 Å². The summed E-state index contributed by atoms with van der Waals surface area (Å²) in [4.78, 5) is 14.0. The van der Waals surface area contributed by atoms with Gasteiger partial charge in [0.1, 0.15) is 0 Å². The Morgan fingerprint density at radius 1 is 1.42 bits per heavy atom. The zero-order chi connectivity index (χ0) is 14.3. The van der Waals surface area contributed by atoms with E-state index in [1.807, 2.05) is 38.1 Å². The Bertz CT molecular complexity index is 465. The van der Waals surface area contributed by atoms with E-state index in [0.29, 0.717) is 26.1 Å². The van der Waals surface area contributed by atoms with Gasteiger partial charge >= 0.3 is 0 Å². The van der Waals surface area contributed by atoms with Crippen molar-refractivity contribution >= 4 is 5.91 Å². The van der Waals surface area contributed by atoms with Gasteiger partial charge in [0.2, 0.25) is 5.91 Å². The first-order valence-corrected chi connectivity index (χ1v) is 6.56. The summed E-state index contributed by atoms with van der Waals surface area (Å²) in [6.07, 6.45) is 0.347. The number of amides is 1. The Labute approximate surface area is 114 Å². The lowest BCUT2D eigenvalue weighted by Gasteiger charge is -2.22. The van der Waals surface area contributed by atoms with Gasteiger partial charge < -0.3 is 10.6 Å². The number of rotatable bonds is 6. The van der Waals surface area contributed by atoms with E-state index < -0.39 is 0 Å². The van der Waals surface area contributed by atoms with Crippen LogP contribution in [0.2, 0.25) is 0 Å². The molecule has 0 radical (unpaired) electrons. The summed E-state index contributed by atoms with van der Waals surface area (Å²) in [5.74, 6) is -0.0980. The second kappa shape index (κ2) is 7.55. The maximum atomic E-state index is 12.2. The molecule has 1 atom stereocenters. The number of nitriles is 1. The second-order valence-electron chi connectivity index (χ2n) is 4.61. The third kappa shape index (κ3) is 4.38. The molecule has 1 aromatic carbocycles. The summed E-state index contributed by atoms with van der Waals surface area (Å²) in [6, 6.07) is 9.87. The average molecular weight is 259 g/mol. The molecule has 0 fully saturated rings. The predicted octanol–water partition coefficient (Wildman–Crippen LogP) is 1.70. The number of benzene rings is 1. The molecule has 102 valence electrons. The van der Waals surface area contributed by atoms with Crippen molar-refractivity contribution in [3.8, 4) is 6.07 Å². The fraction of sp³-hybridized carbons (Fsp3) is 0.467. The Morgan fingerprint density at radius 2 is 2.05 bits per heavy atom. The lowest BCUT2D eigenvalue weighted by Crippen LogP contribution is -2.35. The first-order valence-electron chi connectivity index (χ1n) is 6.56. The van der Waals surface area contributed by atoms with E-state index >= 15 is 0 Å². The number of nitrogens with zero attached hydrogens (tertiary/aromatic N) is 2. The Kier molecular flexibility index (Phi) is 6.04. The monoisotopic (exact) mass is 259 g/mol. The largest absolute Gasteiger partial charge is 0.341 e. The Morgan fingerprint density at radius 3 is 2.58 bits per heavy atom. The van der Waals surface area contributed by atoms with Crippen LogP contribution in [0.5, 0.6) is 0 Å². The number of hydrogen-bond acceptors (Lipinski definition) is 3. The molecule has 0 heterocycles. The third-order valence-corrected chi connectivity index (χ3v) is 3.13. The standard InChI is InChI=1S/C15H21N3O/c1-3-18(11-12(2)9-16)15(19)8-13-6-4-5-7-14(13)10-17/h4-7,12H,3,8,10-11,17H2,1-2H3. The van der Waals surface area contributed by atoms with Crippen molar-refractivity contribution in [3.63, 3.8) is 0 Å².